The molecule has 0 bridgehead atoms. The van der Waals surface area contributed by atoms with Crippen LogP contribution in [0.1, 0.15) is 11.1 Å². The molecule has 0 saturated carbocycles. The summed E-state index contributed by atoms with van der Waals surface area (Å²) >= 11 is 0. The van der Waals surface area contributed by atoms with E-state index in [4.69, 9.17) is 5.73 Å². The van der Waals surface area contributed by atoms with Crippen LogP contribution in [0.5, 0.6) is 0 Å². The third-order valence-electron chi connectivity index (χ3n) is 2.84. The van der Waals surface area contributed by atoms with Crippen LogP contribution in [0.15, 0.2) is 18.2 Å². The van der Waals surface area contributed by atoms with Crippen molar-refractivity contribution in [3.8, 4) is 0 Å². The highest BCUT2D eigenvalue weighted by atomic mass is 15.2. The molecule has 0 aliphatic rings. The topological polar surface area (TPSA) is 67.6 Å². The summed E-state index contributed by atoms with van der Waals surface area (Å²) in [5.41, 5.74) is 9.86. The number of anilines is 1. The smallest absolute Gasteiger partial charge is 0.183 e. The summed E-state index contributed by atoms with van der Waals surface area (Å²) in [6, 6.07) is 6.25. The standard InChI is InChI=1S/C12H12N4/c1-6-3-7(2)8-5-9-11(13)15-16-12(9)14-10(8)4-6/h3-5H,1-2H3,(H3,13,14,15,16). The van der Waals surface area contributed by atoms with Gasteiger partial charge in [-0.3, -0.25) is 5.10 Å². The summed E-state index contributed by atoms with van der Waals surface area (Å²) in [4.78, 5) is 4.50. The second-order valence-electron chi connectivity index (χ2n) is 4.15. The molecule has 0 saturated heterocycles. The summed E-state index contributed by atoms with van der Waals surface area (Å²) in [6.45, 7) is 4.15. The minimum Gasteiger partial charge on any atom is -0.384 e. The first-order valence-corrected chi connectivity index (χ1v) is 5.17. The van der Waals surface area contributed by atoms with Crippen molar-refractivity contribution in [1.82, 2.24) is 15.2 Å². The van der Waals surface area contributed by atoms with Crippen LogP contribution in [0.2, 0.25) is 0 Å². The number of benzene rings is 1. The van der Waals surface area contributed by atoms with E-state index in [1.54, 1.807) is 0 Å². The van der Waals surface area contributed by atoms with E-state index in [2.05, 4.69) is 41.2 Å². The van der Waals surface area contributed by atoms with Crippen LogP contribution in [-0.4, -0.2) is 15.2 Å². The normalized spacial score (nSPS) is 11.4. The van der Waals surface area contributed by atoms with Crippen LogP contribution in [0.3, 0.4) is 0 Å². The number of hydrogen-bond donors (Lipinski definition) is 2. The summed E-state index contributed by atoms with van der Waals surface area (Å²) in [7, 11) is 0. The molecular formula is C12H12N4. The first-order chi connectivity index (χ1) is 7.65. The molecule has 4 nitrogen and oxygen atoms in total. The number of hydrogen-bond acceptors (Lipinski definition) is 3. The lowest BCUT2D eigenvalue weighted by Crippen LogP contribution is -1.87. The predicted molar refractivity (Wildman–Crippen MR) is 65.3 cm³/mol. The van der Waals surface area contributed by atoms with Crippen LogP contribution >= 0.6 is 0 Å². The van der Waals surface area contributed by atoms with E-state index in [1.165, 1.54) is 11.1 Å². The molecule has 16 heavy (non-hydrogen) atoms. The number of nitrogens with two attached hydrogens (primary N) is 1. The fourth-order valence-electron chi connectivity index (χ4n) is 2.08. The molecule has 2 heterocycles. The van der Waals surface area contributed by atoms with Crippen molar-refractivity contribution in [3.63, 3.8) is 0 Å². The van der Waals surface area contributed by atoms with E-state index in [9.17, 15) is 0 Å². The molecule has 2 aromatic heterocycles. The SMILES string of the molecule is Cc1cc(C)c2cc3c(N)[nH]nc3nc2c1. The van der Waals surface area contributed by atoms with Gasteiger partial charge in [-0.05, 0) is 37.1 Å². The Balaban J connectivity index is 2.53. The largest absolute Gasteiger partial charge is 0.384 e. The van der Waals surface area contributed by atoms with Crippen LogP contribution in [0.4, 0.5) is 5.82 Å². The maximum Gasteiger partial charge on any atom is 0.183 e. The van der Waals surface area contributed by atoms with Crippen molar-refractivity contribution in [1.29, 1.82) is 0 Å². The predicted octanol–water partition coefficient (Wildman–Crippen LogP) is 2.31. The molecule has 4 heteroatoms. The van der Waals surface area contributed by atoms with E-state index >= 15 is 0 Å². The minimum atomic E-state index is 0.573. The van der Waals surface area contributed by atoms with E-state index in [-0.39, 0.29) is 0 Å². The number of nitrogens with one attached hydrogen (secondary N) is 1. The van der Waals surface area contributed by atoms with Crippen molar-refractivity contribution in [2.24, 2.45) is 0 Å². The number of nitrogen functional groups attached to an aromatic ring is 1. The van der Waals surface area contributed by atoms with E-state index < -0.39 is 0 Å². The number of aromatic amines is 1. The molecular weight excluding hydrogens is 200 g/mol. The molecule has 3 rings (SSSR count). The molecule has 0 atom stereocenters. The van der Waals surface area contributed by atoms with Crippen LogP contribution < -0.4 is 5.73 Å². The van der Waals surface area contributed by atoms with Gasteiger partial charge < -0.3 is 5.73 Å². The van der Waals surface area contributed by atoms with Gasteiger partial charge in [0.1, 0.15) is 5.82 Å². The average molecular weight is 212 g/mol. The van der Waals surface area contributed by atoms with Crippen LogP contribution in [-0.2, 0) is 0 Å². The Morgan fingerprint density at radius 2 is 1.94 bits per heavy atom. The monoisotopic (exact) mass is 212 g/mol. The molecule has 0 fully saturated rings. The Labute approximate surface area is 92.5 Å². The van der Waals surface area contributed by atoms with Gasteiger partial charge in [-0.1, -0.05) is 6.07 Å². The maximum atomic E-state index is 5.79. The number of aromatic nitrogens is 3. The van der Waals surface area contributed by atoms with Crippen molar-refractivity contribution in [2.45, 2.75) is 13.8 Å². The Bertz CT molecular complexity index is 697. The number of rotatable bonds is 0. The molecule has 0 aliphatic heterocycles. The van der Waals surface area contributed by atoms with Gasteiger partial charge in [-0.2, -0.15) is 5.10 Å². The zero-order valence-corrected chi connectivity index (χ0v) is 9.20. The average Bonchev–Trinajstić information content (AvgIpc) is 2.57. The van der Waals surface area contributed by atoms with Gasteiger partial charge in [0.25, 0.3) is 0 Å². The Kier molecular flexibility index (Phi) is 1.68. The number of nitrogens with zero attached hydrogens (tertiary/aromatic N) is 2. The molecule has 0 amide bonds. The third kappa shape index (κ3) is 1.16. The Morgan fingerprint density at radius 3 is 2.75 bits per heavy atom. The fourth-order valence-corrected chi connectivity index (χ4v) is 2.08. The third-order valence-corrected chi connectivity index (χ3v) is 2.84. The van der Waals surface area contributed by atoms with Gasteiger partial charge >= 0.3 is 0 Å². The molecule has 0 spiro atoms. The van der Waals surface area contributed by atoms with Gasteiger partial charge in [0.15, 0.2) is 5.65 Å². The summed E-state index contributed by atoms with van der Waals surface area (Å²) in [6.07, 6.45) is 0. The van der Waals surface area contributed by atoms with E-state index in [0.717, 1.165) is 16.3 Å². The first-order valence-electron chi connectivity index (χ1n) is 5.17. The second kappa shape index (κ2) is 2.95. The molecule has 0 aliphatic carbocycles. The zero-order valence-electron chi connectivity index (χ0n) is 9.20. The van der Waals surface area contributed by atoms with E-state index in [1.807, 2.05) is 6.07 Å². The molecule has 80 valence electrons. The highest BCUT2D eigenvalue weighted by Crippen LogP contribution is 2.25. The van der Waals surface area contributed by atoms with Gasteiger partial charge in [0, 0.05) is 5.39 Å². The van der Waals surface area contributed by atoms with Crippen molar-refractivity contribution >= 4 is 27.8 Å². The lowest BCUT2D eigenvalue weighted by atomic mass is 10.1. The van der Waals surface area contributed by atoms with Crippen LogP contribution in [0, 0.1) is 13.8 Å². The van der Waals surface area contributed by atoms with Gasteiger partial charge in [-0.25, -0.2) is 4.98 Å². The van der Waals surface area contributed by atoms with E-state index in [0.29, 0.717) is 11.5 Å². The zero-order chi connectivity index (χ0) is 11.3. The number of pyridine rings is 1. The first kappa shape index (κ1) is 9.15. The van der Waals surface area contributed by atoms with Gasteiger partial charge in [0.2, 0.25) is 0 Å². The van der Waals surface area contributed by atoms with Crippen molar-refractivity contribution in [3.05, 3.63) is 29.3 Å². The summed E-state index contributed by atoms with van der Waals surface area (Å²) in [5.74, 6) is 0.573. The molecule has 1 aromatic carbocycles. The molecule has 0 unspecified atom stereocenters. The number of aryl methyl sites for hydroxylation is 2. The number of fused-ring (bicyclic) bond motifs is 2. The quantitative estimate of drug-likeness (QED) is 0.600. The van der Waals surface area contributed by atoms with Crippen molar-refractivity contribution in [2.75, 3.05) is 5.73 Å². The van der Waals surface area contributed by atoms with Crippen LogP contribution in [0.25, 0.3) is 21.9 Å². The lowest BCUT2D eigenvalue weighted by Gasteiger charge is -2.03. The summed E-state index contributed by atoms with van der Waals surface area (Å²) < 4.78 is 0. The maximum absolute atomic E-state index is 5.79. The second-order valence-corrected chi connectivity index (χ2v) is 4.15. The summed E-state index contributed by atoms with van der Waals surface area (Å²) in [5, 5.41) is 8.84. The Morgan fingerprint density at radius 1 is 1.12 bits per heavy atom. The van der Waals surface area contributed by atoms with Gasteiger partial charge in [0.05, 0.1) is 10.9 Å². The fraction of sp³-hybridized carbons (Fsp3) is 0.167. The highest BCUT2D eigenvalue weighted by Gasteiger charge is 2.07. The highest BCUT2D eigenvalue weighted by molar-refractivity contribution is 5.97. The molecule has 0 radical (unpaired) electrons. The van der Waals surface area contributed by atoms with Crippen molar-refractivity contribution < 1.29 is 0 Å². The number of H-pyrrole nitrogens is 1. The van der Waals surface area contributed by atoms with Gasteiger partial charge in [-0.15, -0.1) is 0 Å². The Hall–Kier alpha value is -2.10. The molecule has 3 N–H and O–H groups in total. The minimum absolute atomic E-state index is 0.573. The lowest BCUT2D eigenvalue weighted by molar-refractivity contribution is 1.11. The molecule has 3 aromatic rings.